The molecule has 5 nitrogen and oxygen atoms in total. The molecular formula is C19H25N5S3. The first kappa shape index (κ1) is 20.0. The van der Waals surface area contributed by atoms with Crippen LogP contribution >= 0.6 is 34.0 Å². The van der Waals surface area contributed by atoms with Gasteiger partial charge < -0.3 is 10.6 Å². The highest BCUT2D eigenvalue weighted by molar-refractivity contribution is 7.16. The van der Waals surface area contributed by atoms with Crippen molar-refractivity contribution >= 4 is 40.0 Å². The summed E-state index contributed by atoms with van der Waals surface area (Å²) in [5.74, 6) is 0.840. The summed E-state index contributed by atoms with van der Waals surface area (Å²) in [6.07, 6.45) is 1.89. The minimum Gasteiger partial charge on any atom is -0.356 e. The van der Waals surface area contributed by atoms with Crippen LogP contribution in [-0.2, 0) is 12.8 Å². The maximum atomic E-state index is 4.58. The second-order valence-corrected chi connectivity index (χ2v) is 9.71. The first-order chi connectivity index (χ1) is 13.0. The Morgan fingerprint density at radius 3 is 2.44 bits per heavy atom. The number of nitrogens with zero attached hydrogens (tertiary/aromatic N) is 3. The van der Waals surface area contributed by atoms with E-state index in [1.54, 1.807) is 29.7 Å². The van der Waals surface area contributed by atoms with Crippen LogP contribution in [0.25, 0.3) is 10.6 Å². The molecule has 0 saturated carbocycles. The van der Waals surface area contributed by atoms with Crippen molar-refractivity contribution in [3.63, 3.8) is 0 Å². The summed E-state index contributed by atoms with van der Waals surface area (Å²) in [4.78, 5) is 17.3. The highest BCUT2D eigenvalue weighted by Gasteiger charge is 2.07. The van der Waals surface area contributed by atoms with Crippen molar-refractivity contribution in [3.8, 4) is 10.6 Å². The van der Waals surface area contributed by atoms with E-state index in [9.17, 15) is 0 Å². The van der Waals surface area contributed by atoms with E-state index in [1.807, 2.05) is 18.3 Å². The van der Waals surface area contributed by atoms with E-state index < -0.39 is 0 Å². The number of hydrogen-bond acceptors (Lipinski definition) is 6. The topological polar surface area (TPSA) is 62.2 Å². The Bertz CT molecular complexity index is 887. The lowest BCUT2D eigenvalue weighted by Crippen LogP contribution is -2.39. The second-order valence-electron chi connectivity index (χ2n) is 6.19. The minimum absolute atomic E-state index is 0.832. The van der Waals surface area contributed by atoms with Crippen molar-refractivity contribution in [1.29, 1.82) is 0 Å². The summed E-state index contributed by atoms with van der Waals surface area (Å²) in [5, 5.41) is 11.2. The van der Waals surface area contributed by atoms with Crippen molar-refractivity contribution in [2.24, 2.45) is 4.99 Å². The monoisotopic (exact) mass is 419 g/mol. The lowest BCUT2D eigenvalue weighted by Gasteiger charge is -2.10. The van der Waals surface area contributed by atoms with E-state index in [1.165, 1.54) is 19.6 Å². The highest BCUT2D eigenvalue weighted by atomic mass is 32.1. The third kappa shape index (κ3) is 5.60. The van der Waals surface area contributed by atoms with Gasteiger partial charge in [-0.3, -0.25) is 4.99 Å². The summed E-state index contributed by atoms with van der Waals surface area (Å²) in [5.41, 5.74) is 2.23. The summed E-state index contributed by atoms with van der Waals surface area (Å²) in [7, 11) is 1.81. The Labute approximate surface area is 172 Å². The average Bonchev–Trinajstić information content (AvgIpc) is 3.35. The molecule has 0 saturated heterocycles. The molecule has 0 radical (unpaired) electrons. The molecule has 3 aromatic rings. The Balaban J connectivity index is 1.41. The average molecular weight is 420 g/mol. The molecule has 8 heteroatoms. The summed E-state index contributed by atoms with van der Waals surface area (Å²) < 4.78 is 0. The number of thiophene rings is 1. The van der Waals surface area contributed by atoms with Gasteiger partial charge in [0.05, 0.1) is 26.3 Å². The van der Waals surface area contributed by atoms with Gasteiger partial charge in [0.25, 0.3) is 0 Å². The maximum Gasteiger partial charge on any atom is 0.191 e. The molecular weight excluding hydrogens is 394 g/mol. The van der Waals surface area contributed by atoms with Gasteiger partial charge in [-0.25, -0.2) is 9.97 Å². The van der Waals surface area contributed by atoms with E-state index in [-0.39, 0.29) is 0 Å². The maximum absolute atomic E-state index is 4.58. The molecule has 2 N–H and O–H groups in total. The van der Waals surface area contributed by atoms with Crippen LogP contribution in [0, 0.1) is 20.8 Å². The normalized spacial score (nSPS) is 11.8. The van der Waals surface area contributed by atoms with Crippen LogP contribution in [0.4, 0.5) is 0 Å². The van der Waals surface area contributed by atoms with Crippen molar-refractivity contribution in [2.75, 3.05) is 20.1 Å². The van der Waals surface area contributed by atoms with Gasteiger partial charge in [-0.1, -0.05) is 0 Å². The quantitative estimate of drug-likeness (QED) is 0.445. The fourth-order valence-electron chi connectivity index (χ4n) is 2.59. The molecule has 27 heavy (non-hydrogen) atoms. The van der Waals surface area contributed by atoms with Gasteiger partial charge >= 0.3 is 0 Å². The lowest BCUT2D eigenvalue weighted by atomic mass is 10.3. The van der Waals surface area contributed by atoms with Gasteiger partial charge in [0, 0.05) is 41.7 Å². The van der Waals surface area contributed by atoms with Gasteiger partial charge in [0.1, 0.15) is 0 Å². The Morgan fingerprint density at radius 2 is 1.81 bits per heavy atom. The van der Waals surface area contributed by atoms with Gasteiger partial charge in [-0.2, -0.15) is 0 Å². The van der Waals surface area contributed by atoms with Gasteiger partial charge in [0.15, 0.2) is 5.96 Å². The number of thiazole rings is 2. The lowest BCUT2D eigenvalue weighted by molar-refractivity contribution is 0.784. The van der Waals surface area contributed by atoms with Crippen LogP contribution < -0.4 is 10.6 Å². The van der Waals surface area contributed by atoms with E-state index >= 15 is 0 Å². The van der Waals surface area contributed by atoms with Crippen LogP contribution in [0.3, 0.4) is 0 Å². The predicted molar refractivity (Wildman–Crippen MR) is 119 cm³/mol. The molecule has 0 aliphatic heterocycles. The van der Waals surface area contributed by atoms with Crippen LogP contribution in [0.15, 0.2) is 22.5 Å². The summed E-state index contributed by atoms with van der Waals surface area (Å²) in [6, 6.07) is 4.36. The van der Waals surface area contributed by atoms with Crippen molar-refractivity contribution in [2.45, 2.75) is 33.6 Å². The Kier molecular flexibility index (Phi) is 6.98. The fourth-order valence-corrected chi connectivity index (χ4v) is 5.17. The van der Waals surface area contributed by atoms with Crippen molar-refractivity contribution in [1.82, 2.24) is 20.6 Å². The molecule has 0 atom stereocenters. The van der Waals surface area contributed by atoms with Gasteiger partial charge in [0.2, 0.25) is 0 Å². The number of guanidine groups is 1. The number of hydrogen-bond donors (Lipinski definition) is 2. The zero-order chi connectivity index (χ0) is 19.2. The zero-order valence-electron chi connectivity index (χ0n) is 16.1. The van der Waals surface area contributed by atoms with Gasteiger partial charge in [-0.05, 0) is 39.3 Å². The molecule has 0 bridgehead atoms. The first-order valence-corrected chi connectivity index (χ1v) is 11.4. The van der Waals surface area contributed by atoms with Gasteiger partial charge in [-0.15, -0.1) is 34.0 Å². The third-order valence-electron chi connectivity index (χ3n) is 4.12. The number of aliphatic imine (C=N–C) groups is 1. The van der Waals surface area contributed by atoms with E-state index in [2.05, 4.69) is 57.0 Å². The number of rotatable bonds is 7. The van der Waals surface area contributed by atoms with Crippen LogP contribution in [-0.4, -0.2) is 36.1 Å². The molecule has 0 aromatic carbocycles. The van der Waals surface area contributed by atoms with Crippen LogP contribution in [0.5, 0.6) is 0 Å². The molecule has 0 aliphatic carbocycles. The highest BCUT2D eigenvalue weighted by Crippen LogP contribution is 2.29. The molecule has 3 rings (SSSR count). The predicted octanol–water partition coefficient (Wildman–Crippen LogP) is 4.20. The minimum atomic E-state index is 0.832. The Morgan fingerprint density at radius 1 is 1.04 bits per heavy atom. The molecule has 0 unspecified atom stereocenters. The number of aromatic nitrogens is 2. The molecule has 0 fully saturated rings. The Hall–Kier alpha value is -1.77. The zero-order valence-corrected chi connectivity index (χ0v) is 18.6. The molecule has 0 spiro atoms. The second kappa shape index (κ2) is 9.43. The summed E-state index contributed by atoms with van der Waals surface area (Å²) in [6.45, 7) is 7.91. The van der Waals surface area contributed by atoms with E-state index in [4.69, 9.17) is 0 Å². The fraction of sp³-hybridized carbons (Fsp3) is 0.421. The van der Waals surface area contributed by atoms with Crippen molar-refractivity contribution in [3.05, 3.63) is 43.0 Å². The standard InChI is InChI=1S/C19H25N5S3/c1-12-13(2)26-18(23-12)8-10-22-19(20-4)21-9-7-15-5-6-17(27-15)16-11-25-14(3)24-16/h5-6,11H,7-10H2,1-4H3,(H2,20,21,22). The van der Waals surface area contributed by atoms with Crippen molar-refractivity contribution < 1.29 is 0 Å². The number of nitrogens with one attached hydrogen (secondary N) is 2. The molecule has 3 heterocycles. The smallest absolute Gasteiger partial charge is 0.191 e. The molecule has 3 aromatic heterocycles. The largest absolute Gasteiger partial charge is 0.356 e. The third-order valence-corrected chi connectivity index (χ3v) is 7.20. The first-order valence-electron chi connectivity index (χ1n) is 8.94. The van der Waals surface area contributed by atoms with Crippen LogP contribution in [0.2, 0.25) is 0 Å². The SMILES string of the molecule is CN=C(NCCc1ccc(-c2csc(C)n2)s1)NCCc1nc(C)c(C)s1. The molecule has 0 amide bonds. The number of aryl methyl sites for hydroxylation is 3. The molecule has 144 valence electrons. The van der Waals surface area contributed by atoms with E-state index in [0.717, 1.165) is 48.3 Å². The van der Waals surface area contributed by atoms with E-state index in [0.29, 0.717) is 0 Å². The summed E-state index contributed by atoms with van der Waals surface area (Å²) >= 11 is 5.29. The molecule has 0 aliphatic rings. The van der Waals surface area contributed by atoms with Crippen LogP contribution in [0.1, 0.15) is 25.5 Å².